The lowest BCUT2D eigenvalue weighted by Gasteiger charge is -2.24. The number of anilines is 1. The van der Waals surface area contributed by atoms with E-state index in [1.165, 1.54) is 12.8 Å². The molecule has 1 aliphatic rings. The molecule has 2 rings (SSSR count). The molecule has 106 valence electrons. The van der Waals surface area contributed by atoms with Crippen LogP contribution < -0.4 is 10.2 Å². The molecule has 1 aromatic heterocycles. The SMILES string of the molecule is CCN(c1ccc(Cl)c(CNC(C)(C)C)n1)C1CC1. The van der Waals surface area contributed by atoms with E-state index in [1.54, 1.807) is 0 Å². The van der Waals surface area contributed by atoms with Gasteiger partial charge < -0.3 is 10.2 Å². The summed E-state index contributed by atoms with van der Waals surface area (Å²) in [6.45, 7) is 10.3. The van der Waals surface area contributed by atoms with Gasteiger partial charge in [-0.2, -0.15) is 0 Å². The minimum atomic E-state index is 0.0714. The quantitative estimate of drug-likeness (QED) is 0.894. The first-order valence-corrected chi connectivity index (χ1v) is 7.45. The zero-order valence-electron chi connectivity index (χ0n) is 12.3. The second-order valence-electron chi connectivity index (χ2n) is 6.22. The Morgan fingerprint density at radius 2 is 2.05 bits per heavy atom. The highest BCUT2D eigenvalue weighted by atomic mass is 35.5. The highest BCUT2D eigenvalue weighted by molar-refractivity contribution is 6.31. The molecule has 0 amide bonds. The average Bonchev–Trinajstić information content (AvgIpc) is 3.14. The minimum absolute atomic E-state index is 0.0714. The molecule has 1 heterocycles. The Morgan fingerprint density at radius 1 is 1.37 bits per heavy atom. The first-order chi connectivity index (χ1) is 8.90. The van der Waals surface area contributed by atoms with Gasteiger partial charge in [0.15, 0.2) is 0 Å². The summed E-state index contributed by atoms with van der Waals surface area (Å²) in [6, 6.07) is 4.68. The lowest BCUT2D eigenvalue weighted by molar-refractivity contribution is 0.421. The van der Waals surface area contributed by atoms with E-state index < -0.39 is 0 Å². The Hall–Kier alpha value is -0.800. The highest BCUT2D eigenvalue weighted by Gasteiger charge is 2.29. The number of nitrogens with zero attached hydrogens (tertiary/aromatic N) is 2. The van der Waals surface area contributed by atoms with Gasteiger partial charge in [0.05, 0.1) is 10.7 Å². The van der Waals surface area contributed by atoms with Crippen molar-refractivity contribution in [1.29, 1.82) is 0 Å². The smallest absolute Gasteiger partial charge is 0.129 e. The molecule has 4 heteroatoms. The van der Waals surface area contributed by atoms with Gasteiger partial charge in [-0.05, 0) is 52.7 Å². The van der Waals surface area contributed by atoms with Crippen molar-refractivity contribution in [3.63, 3.8) is 0 Å². The predicted octanol–water partition coefficient (Wildman–Crippen LogP) is 3.61. The fourth-order valence-electron chi connectivity index (χ4n) is 2.10. The maximum atomic E-state index is 6.25. The van der Waals surface area contributed by atoms with Crippen LogP contribution in [0.3, 0.4) is 0 Å². The van der Waals surface area contributed by atoms with Crippen LogP contribution in [0.5, 0.6) is 0 Å². The number of aromatic nitrogens is 1. The normalized spacial score (nSPS) is 15.6. The number of hydrogen-bond donors (Lipinski definition) is 1. The van der Waals surface area contributed by atoms with E-state index >= 15 is 0 Å². The first-order valence-electron chi connectivity index (χ1n) is 7.08. The van der Waals surface area contributed by atoms with Crippen molar-refractivity contribution in [3.05, 3.63) is 22.8 Å². The van der Waals surface area contributed by atoms with Gasteiger partial charge >= 0.3 is 0 Å². The molecule has 1 fully saturated rings. The molecular weight excluding hydrogens is 258 g/mol. The van der Waals surface area contributed by atoms with E-state index in [0.29, 0.717) is 12.6 Å². The zero-order valence-corrected chi connectivity index (χ0v) is 13.1. The van der Waals surface area contributed by atoms with Gasteiger partial charge in [0.25, 0.3) is 0 Å². The van der Waals surface area contributed by atoms with Crippen LogP contribution in [0.2, 0.25) is 5.02 Å². The molecule has 0 saturated heterocycles. The molecule has 0 aromatic carbocycles. The molecule has 0 atom stereocenters. The van der Waals surface area contributed by atoms with Crippen LogP contribution >= 0.6 is 11.6 Å². The lowest BCUT2D eigenvalue weighted by atomic mass is 10.1. The van der Waals surface area contributed by atoms with Gasteiger partial charge in [-0.25, -0.2) is 4.98 Å². The number of rotatable bonds is 5. The van der Waals surface area contributed by atoms with E-state index in [9.17, 15) is 0 Å². The van der Waals surface area contributed by atoms with Gasteiger partial charge in [-0.3, -0.25) is 0 Å². The molecule has 0 bridgehead atoms. The summed E-state index contributed by atoms with van der Waals surface area (Å²) in [7, 11) is 0. The molecule has 3 nitrogen and oxygen atoms in total. The predicted molar refractivity (Wildman–Crippen MR) is 81.9 cm³/mol. The highest BCUT2D eigenvalue weighted by Crippen LogP contribution is 2.31. The van der Waals surface area contributed by atoms with Crippen molar-refractivity contribution in [2.45, 2.75) is 58.7 Å². The second kappa shape index (κ2) is 5.68. The van der Waals surface area contributed by atoms with Gasteiger partial charge in [-0.15, -0.1) is 0 Å². The Balaban J connectivity index is 2.14. The standard InChI is InChI=1S/C15H24ClN3/c1-5-19(11-6-7-11)14-9-8-12(16)13(18-14)10-17-15(2,3)4/h8-9,11,17H,5-7,10H2,1-4H3. The van der Waals surface area contributed by atoms with Crippen LogP contribution in [0.25, 0.3) is 0 Å². The van der Waals surface area contributed by atoms with Crippen LogP contribution in [0.1, 0.15) is 46.2 Å². The third-order valence-corrected chi connectivity index (χ3v) is 3.66. The molecule has 0 unspecified atom stereocenters. The molecule has 19 heavy (non-hydrogen) atoms. The average molecular weight is 282 g/mol. The summed E-state index contributed by atoms with van der Waals surface area (Å²) in [5, 5.41) is 4.19. The maximum Gasteiger partial charge on any atom is 0.129 e. The van der Waals surface area contributed by atoms with E-state index in [0.717, 1.165) is 23.1 Å². The van der Waals surface area contributed by atoms with Gasteiger partial charge in [0, 0.05) is 24.7 Å². The Morgan fingerprint density at radius 3 is 2.58 bits per heavy atom. The van der Waals surface area contributed by atoms with Crippen LogP contribution in [0.4, 0.5) is 5.82 Å². The summed E-state index contributed by atoms with van der Waals surface area (Å²) >= 11 is 6.25. The van der Waals surface area contributed by atoms with Gasteiger partial charge in [0.1, 0.15) is 5.82 Å². The van der Waals surface area contributed by atoms with E-state index in [4.69, 9.17) is 16.6 Å². The largest absolute Gasteiger partial charge is 0.354 e. The summed E-state index contributed by atoms with van der Waals surface area (Å²) in [5.41, 5.74) is 1.01. The van der Waals surface area contributed by atoms with Crippen molar-refractivity contribution < 1.29 is 0 Å². The fourth-order valence-corrected chi connectivity index (χ4v) is 2.27. The summed E-state index contributed by atoms with van der Waals surface area (Å²) < 4.78 is 0. The Labute approximate surface area is 121 Å². The second-order valence-corrected chi connectivity index (χ2v) is 6.63. The Bertz CT molecular complexity index is 436. The lowest BCUT2D eigenvalue weighted by Crippen LogP contribution is -2.35. The molecular formula is C15H24ClN3. The third-order valence-electron chi connectivity index (χ3n) is 3.31. The molecule has 1 aliphatic carbocycles. The van der Waals surface area contributed by atoms with E-state index in [2.05, 4.69) is 37.9 Å². The topological polar surface area (TPSA) is 28.2 Å². The van der Waals surface area contributed by atoms with Crippen molar-refractivity contribution in [3.8, 4) is 0 Å². The third kappa shape index (κ3) is 4.08. The van der Waals surface area contributed by atoms with Crippen molar-refractivity contribution >= 4 is 17.4 Å². The fraction of sp³-hybridized carbons (Fsp3) is 0.667. The van der Waals surface area contributed by atoms with Crippen molar-refractivity contribution in [2.75, 3.05) is 11.4 Å². The van der Waals surface area contributed by atoms with Crippen LogP contribution in [0.15, 0.2) is 12.1 Å². The summed E-state index contributed by atoms with van der Waals surface area (Å²) in [5.74, 6) is 1.06. The molecule has 0 radical (unpaired) electrons. The monoisotopic (exact) mass is 281 g/mol. The van der Waals surface area contributed by atoms with E-state index in [-0.39, 0.29) is 5.54 Å². The summed E-state index contributed by atoms with van der Waals surface area (Å²) in [6.07, 6.45) is 2.57. The number of pyridine rings is 1. The molecule has 0 spiro atoms. The maximum absolute atomic E-state index is 6.25. The summed E-state index contributed by atoms with van der Waals surface area (Å²) in [4.78, 5) is 7.11. The number of nitrogens with one attached hydrogen (secondary N) is 1. The number of hydrogen-bond acceptors (Lipinski definition) is 3. The first kappa shape index (κ1) is 14.6. The van der Waals surface area contributed by atoms with Gasteiger partial charge in [-0.1, -0.05) is 11.6 Å². The Kier molecular flexibility index (Phi) is 4.36. The van der Waals surface area contributed by atoms with Gasteiger partial charge in [0.2, 0.25) is 0 Å². The van der Waals surface area contributed by atoms with Crippen molar-refractivity contribution in [1.82, 2.24) is 10.3 Å². The molecule has 1 aromatic rings. The molecule has 0 aliphatic heterocycles. The van der Waals surface area contributed by atoms with Crippen LogP contribution in [-0.4, -0.2) is 23.1 Å². The number of halogens is 1. The van der Waals surface area contributed by atoms with Crippen LogP contribution in [-0.2, 0) is 6.54 Å². The van der Waals surface area contributed by atoms with Crippen molar-refractivity contribution in [2.24, 2.45) is 0 Å². The van der Waals surface area contributed by atoms with E-state index in [1.807, 2.05) is 12.1 Å². The minimum Gasteiger partial charge on any atom is -0.354 e. The molecule has 1 saturated carbocycles. The van der Waals surface area contributed by atoms with Crippen LogP contribution in [0, 0.1) is 0 Å². The zero-order chi connectivity index (χ0) is 14.0. The molecule has 1 N–H and O–H groups in total.